The number of fused-ring (bicyclic) bond motifs is 2. The van der Waals surface area contributed by atoms with E-state index in [-0.39, 0.29) is 0 Å². The average Bonchev–Trinajstić information content (AvgIpc) is 3.02. The zero-order chi connectivity index (χ0) is 14.9. The minimum absolute atomic E-state index is 0.532. The normalized spacial score (nSPS) is 14.4. The molecule has 3 heteroatoms. The molecule has 0 saturated heterocycles. The topological polar surface area (TPSA) is 32.3 Å². The van der Waals surface area contributed by atoms with Gasteiger partial charge in [-0.1, -0.05) is 36.4 Å². The third kappa shape index (κ3) is 2.43. The van der Waals surface area contributed by atoms with Gasteiger partial charge < -0.3 is 10.4 Å². The second-order valence-corrected chi connectivity index (χ2v) is 6.60. The molecule has 2 N–H and O–H groups in total. The molecular weight excluding hydrogens is 290 g/mol. The summed E-state index contributed by atoms with van der Waals surface area (Å²) in [7, 11) is 0. The lowest BCUT2D eigenvalue weighted by Crippen LogP contribution is -2.00. The second kappa shape index (κ2) is 5.59. The first-order chi connectivity index (χ1) is 10.8. The molecule has 0 amide bonds. The Kier molecular flexibility index (Phi) is 3.45. The van der Waals surface area contributed by atoms with Crippen LogP contribution < -0.4 is 5.32 Å². The van der Waals surface area contributed by atoms with Crippen LogP contribution in [0.5, 0.6) is 0 Å². The molecule has 1 unspecified atom stereocenters. The van der Waals surface area contributed by atoms with Crippen LogP contribution in [0.25, 0.3) is 0 Å². The van der Waals surface area contributed by atoms with Gasteiger partial charge in [0.2, 0.25) is 0 Å². The van der Waals surface area contributed by atoms with Gasteiger partial charge in [-0.2, -0.15) is 0 Å². The van der Waals surface area contributed by atoms with Gasteiger partial charge in [-0.05, 0) is 53.1 Å². The van der Waals surface area contributed by atoms with Crippen LogP contribution in [0.1, 0.15) is 27.7 Å². The maximum Gasteiger partial charge on any atom is 0.113 e. The van der Waals surface area contributed by atoms with Crippen molar-refractivity contribution in [3.63, 3.8) is 0 Å². The molecule has 110 valence electrons. The summed E-state index contributed by atoms with van der Waals surface area (Å²) in [4.78, 5) is 0.991. The number of para-hydroxylation sites is 1. The van der Waals surface area contributed by atoms with Gasteiger partial charge in [0.25, 0.3) is 0 Å². The van der Waals surface area contributed by atoms with Crippen LogP contribution in [0.15, 0.2) is 60.0 Å². The first kappa shape index (κ1) is 13.6. The molecule has 0 fully saturated rings. The first-order valence-electron chi connectivity index (χ1n) is 7.50. The van der Waals surface area contributed by atoms with Gasteiger partial charge in [-0.15, -0.1) is 11.3 Å². The van der Waals surface area contributed by atoms with E-state index < -0.39 is 6.10 Å². The molecule has 4 rings (SSSR count). The summed E-state index contributed by atoms with van der Waals surface area (Å²) in [5, 5.41) is 16.0. The van der Waals surface area contributed by atoms with Crippen molar-refractivity contribution in [2.45, 2.75) is 18.9 Å². The summed E-state index contributed by atoms with van der Waals surface area (Å²) in [5.41, 5.74) is 5.91. The summed E-state index contributed by atoms with van der Waals surface area (Å²) in [6, 6.07) is 18.6. The Labute approximate surface area is 134 Å². The molecule has 0 saturated carbocycles. The molecule has 2 heterocycles. The number of hydrogen-bond acceptors (Lipinski definition) is 3. The number of anilines is 2. The van der Waals surface area contributed by atoms with E-state index in [1.807, 2.05) is 23.6 Å². The maximum atomic E-state index is 10.5. The molecule has 2 nitrogen and oxygen atoms in total. The summed E-state index contributed by atoms with van der Waals surface area (Å²) in [6.07, 6.45) is 1.48. The van der Waals surface area contributed by atoms with Crippen molar-refractivity contribution in [2.24, 2.45) is 0 Å². The average molecular weight is 307 g/mol. The van der Waals surface area contributed by atoms with Gasteiger partial charge in [-0.25, -0.2) is 0 Å². The fourth-order valence-electron chi connectivity index (χ4n) is 3.00. The quantitative estimate of drug-likeness (QED) is 0.721. The van der Waals surface area contributed by atoms with E-state index in [0.29, 0.717) is 0 Å². The number of thiophene rings is 1. The van der Waals surface area contributed by atoms with E-state index in [0.717, 1.165) is 29.0 Å². The van der Waals surface area contributed by atoms with E-state index >= 15 is 0 Å². The van der Waals surface area contributed by atoms with Gasteiger partial charge in [0.1, 0.15) is 6.10 Å². The predicted octanol–water partition coefficient (Wildman–Crippen LogP) is 4.67. The van der Waals surface area contributed by atoms with Crippen LogP contribution in [0.4, 0.5) is 11.4 Å². The minimum Gasteiger partial charge on any atom is -0.383 e. The van der Waals surface area contributed by atoms with Crippen LogP contribution in [0.3, 0.4) is 0 Å². The van der Waals surface area contributed by atoms with E-state index in [9.17, 15) is 5.11 Å². The van der Waals surface area contributed by atoms with Crippen LogP contribution in [-0.2, 0) is 12.8 Å². The van der Waals surface area contributed by atoms with Gasteiger partial charge in [0, 0.05) is 16.3 Å². The zero-order valence-electron chi connectivity index (χ0n) is 12.1. The van der Waals surface area contributed by atoms with Crippen LogP contribution in [0.2, 0.25) is 0 Å². The number of hydrogen-bond donors (Lipinski definition) is 2. The monoisotopic (exact) mass is 307 g/mol. The molecule has 22 heavy (non-hydrogen) atoms. The first-order valence-corrected chi connectivity index (χ1v) is 8.38. The van der Waals surface area contributed by atoms with Crippen LogP contribution in [0, 0.1) is 0 Å². The zero-order valence-corrected chi connectivity index (χ0v) is 12.9. The highest BCUT2D eigenvalue weighted by molar-refractivity contribution is 7.10. The predicted molar refractivity (Wildman–Crippen MR) is 92.0 cm³/mol. The Hall–Kier alpha value is -2.10. The summed E-state index contributed by atoms with van der Waals surface area (Å²) >= 11 is 1.59. The summed E-state index contributed by atoms with van der Waals surface area (Å²) in [6.45, 7) is 0. The molecular formula is C19H17NOS. The highest BCUT2D eigenvalue weighted by atomic mass is 32.1. The van der Waals surface area contributed by atoms with Crippen molar-refractivity contribution in [2.75, 3.05) is 5.32 Å². The molecule has 2 aromatic carbocycles. The Morgan fingerprint density at radius 2 is 1.73 bits per heavy atom. The highest BCUT2D eigenvalue weighted by Crippen LogP contribution is 2.33. The molecule has 0 spiro atoms. The third-order valence-electron chi connectivity index (χ3n) is 4.21. The molecule has 0 radical (unpaired) electrons. The molecule has 3 aromatic rings. The lowest BCUT2D eigenvalue weighted by Gasteiger charge is -2.14. The minimum atomic E-state index is -0.532. The third-order valence-corrected chi connectivity index (χ3v) is 5.13. The number of rotatable bonds is 2. The van der Waals surface area contributed by atoms with E-state index in [1.165, 1.54) is 16.8 Å². The van der Waals surface area contributed by atoms with Gasteiger partial charge in [0.15, 0.2) is 0 Å². The lowest BCUT2D eigenvalue weighted by atomic mass is 10.00. The Bertz CT molecular complexity index is 795. The van der Waals surface area contributed by atoms with Crippen molar-refractivity contribution < 1.29 is 5.11 Å². The fraction of sp³-hybridized carbons (Fsp3) is 0.158. The fourth-order valence-corrected chi connectivity index (χ4v) is 3.73. The van der Waals surface area contributed by atoms with Crippen molar-refractivity contribution in [3.8, 4) is 0 Å². The smallest absolute Gasteiger partial charge is 0.113 e. The molecule has 1 atom stereocenters. The van der Waals surface area contributed by atoms with Gasteiger partial charge >= 0.3 is 0 Å². The van der Waals surface area contributed by atoms with Crippen molar-refractivity contribution in [1.82, 2.24) is 0 Å². The molecule has 0 bridgehead atoms. The lowest BCUT2D eigenvalue weighted by molar-refractivity contribution is 0.224. The van der Waals surface area contributed by atoms with Crippen molar-refractivity contribution >= 4 is 22.7 Å². The standard InChI is InChI=1S/C19H17NOS/c21-19(18-6-3-11-22-18)15-9-10-17-14(12-15)8-7-13-4-1-2-5-16(13)20-17/h1-6,9-12,19-21H,7-8H2. The largest absolute Gasteiger partial charge is 0.383 e. The maximum absolute atomic E-state index is 10.5. The Morgan fingerprint density at radius 1 is 0.909 bits per heavy atom. The molecule has 0 aliphatic carbocycles. The number of benzene rings is 2. The number of aliphatic hydroxyl groups excluding tert-OH is 1. The van der Waals surface area contributed by atoms with E-state index in [2.05, 4.69) is 41.7 Å². The highest BCUT2D eigenvalue weighted by Gasteiger charge is 2.16. The van der Waals surface area contributed by atoms with Gasteiger partial charge in [0.05, 0.1) is 0 Å². The summed E-state index contributed by atoms with van der Waals surface area (Å²) in [5.74, 6) is 0. The van der Waals surface area contributed by atoms with Crippen molar-refractivity contribution in [3.05, 3.63) is 81.5 Å². The van der Waals surface area contributed by atoms with Gasteiger partial charge in [-0.3, -0.25) is 0 Å². The number of aliphatic hydroxyl groups is 1. The van der Waals surface area contributed by atoms with Crippen molar-refractivity contribution in [1.29, 1.82) is 0 Å². The Morgan fingerprint density at radius 3 is 2.59 bits per heavy atom. The Balaban J connectivity index is 1.68. The SMILES string of the molecule is OC(c1ccc2c(c1)CCc1ccccc1N2)c1cccs1. The number of nitrogens with one attached hydrogen (secondary N) is 1. The number of aryl methyl sites for hydroxylation is 2. The molecule has 1 aliphatic rings. The summed E-state index contributed by atoms with van der Waals surface area (Å²) < 4.78 is 0. The van der Waals surface area contributed by atoms with Crippen LogP contribution >= 0.6 is 11.3 Å². The molecule has 1 aliphatic heterocycles. The van der Waals surface area contributed by atoms with E-state index in [1.54, 1.807) is 11.3 Å². The molecule has 1 aromatic heterocycles. The second-order valence-electron chi connectivity index (χ2n) is 5.62. The van der Waals surface area contributed by atoms with Crippen LogP contribution in [-0.4, -0.2) is 5.11 Å². The van der Waals surface area contributed by atoms with E-state index in [4.69, 9.17) is 0 Å².